The zero-order valence-corrected chi connectivity index (χ0v) is 32.2. The number of piperazine rings is 1. The maximum atomic E-state index is 14.4. The summed E-state index contributed by atoms with van der Waals surface area (Å²) in [6.07, 6.45) is 12.8. The van der Waals surface area contributed by atoms with Crippen molar-refractivity contribution < 1.29 is 15.0 Å². The summed E-state index contributed by atoms with van der Waals surface area (Å²) in [6, 6.07) is 25.7. The van der Waals surface area contributed by atoms with Gasteiger partial charge in [-0.3, -0.25) is 14.6 Å². The molecule has 278 valence electrons. The number of Topliss-reactive ketones (excluding diaryl/α,β-unsaturated/α-hetero) is 1. The fraction of sp³-hybridized carbons (Fsp3) is 0.543. The molecule has 2 saturated carbocycles. The Balaban J connectivity index is 1.16. The molecule has 3 fully saturated rings. The maximum absolute atomic E-state index is 14.4. The number of nitrogens with zero attached hydrogens (tertiary/aromatic N) is 2. The van der Waals surface area contributed by atoms with Gasteiger partial charge in [0.15, 0.2) is 5.78 Å². The third-order valence-electron chi connectivity index (χ3n) is 13.5. The monoisotopic (exact) mass is 722 g/mol. The molecule has 0 spiro atoms. The summed E-state index contributed by atoms with van der Waals surface area (Å²) in [4.78, 5) is 19.5. The summed E-state index contributed by atoms with van der Waals surface area (Å²) in [6.45, 7) is 8.75. The predicted octanol–water partition coefficient (Wildman–Crippen LogP) is 9.55. The van der Waals surface area contributed by atoms with Crippen LogP contribution in [0.5, 0.6) is 0 Å². The fourth-order valence-corrected chi connectivity index (χ4v) is 10.4. The smallest absolute Gasteiger partial charge is 0.166 e. The van der Waals surface area contributed by atoms with E-state index in [1.165, 1.54) is 23.1 Å². The molecule has 5 nitrogen and oxygen atoms in total. The van der Waals surface area contributed by atoms with Gasteiger partial charge in [-0.15, -0.1) is 0 Å². The molecule has 0 amide bonds. The summed E-state index contributed by atoms with van der Waals surface area (Å²) in [5.74, 6) is 0.452. The topological polar surface area (TPSA) is 64.0 Å². The van der Waals surface area contributed by atoms with E-state index in [1.54, 1.807) is 0 Å². The van der Waals surface area contributed by atoms with Gasteiger partial charge < -0.3 is 10.2 Å². The Morgan fingerprint density at radius 1 is 0.885 bits per heavy atom. The van der Waals surface area contributed by atoms with Crippen molar-refractivity contribution in [2.75, 3.05) is 32.7 Å². The number of hydrogen-bond acceptors (Lipinski definition) is 5. The third-order valence-corrected chi connectivity index (χ3v) is 13.7. The average Bonchev–Trinajstić information content (AvgIpc) is 3.41. The van der Waals surface area contributed by atoms with Gasteiger partial charge in [-0.2, -0.15) is 0 Å². The van der Waals surface area contributed by atoms with Crippen LogP contribution < -0.4 is 0 Å². The van der Waals surface area contributed by atoms with Gasteiger partial charge in [0.05, 0.1) is 17.7 Å². The van der Waals surface area contributed by atoms with Gasteiger partial charge in [0.25, 0.3) is 0 Å². The summed E-state index contributed by atoms with van der Waals surface area (Å²) in [5.41, 5.74) is 5.60. The molecule has 1 saturated heterocycles. The molecule has 2 bridgehead atoms. The normalized spacial score (nSPS) is 28.9. The Morgan fingerprint density at radius 3 is 2.33 bits per heavy atom. The van der Waals surface area contributed by atoms with Crippen molar-refractivity contribution in [2.45, 2.75) is 115 Å². The van der Waals surface area contributed by atoms with E-state index in [0.29, 0.717) is 13.0 Å². The molecule has 5 atom stereocenters. The van der Waals surface area contributed by atoms with Gasteiger partial charge in [0, 0.05) is 54.6 Å². The van der Waals surface area contributed by atoms with E-state index < -0.39 is 17.1 Å². The van der Waals surface area contributed by atoms with Crippen LogP contribution in [0, 0.1) is 11.3 Å². The molecule has 5 aliphatic rings. The minimum absolute atomic E-state index is 0.0764. The Labute approximate surface area is 317 Å². The van der Waals surface area contributed by atoms with Gasteiger partial charge in [0.1, 0.15) is 0 Å². The first-order valence-electron chi connectivity index (χ1n) is 20.1. The lowest BCUT2D eigenvalue weighted by Gasteiger charge is -2.48. The third kappa shape index (κ3) is 8.00. The number of aliphatic hydroxyl groups excluding tert-OH is 1. The van der Waals surface area contributed by atoms with E-state index >= 15 is 0 Å². The first kappa shape index (κ1) is 37.5. The number of fused-ring (bicyclic) bond motifs is 8. The predicted molar refractivity (Wildman–Crippen MR) is 212 cm³/mol. The van der Waals surface area contributed by atoms with Gasteiger partial charge in [-0.25, -0.2) is 0 Å². The molecule has 4 aliphatic carbocycles. The highest BCUT2D eigenvalue weighted by Gasteiger charge is 2.57. The number of allylic oxidation sites excluding steroid dienone is 2. The first-order chi connectivity index (χ1) is 25.1. The van der Waals surface area contributed by atoms with Crippen LogP contribution in [0.4, 0.5) is 0 Å². The van der Waals surface area contributed by atoms with Crippen molar-refractivity contribution in [1.29, 1.82) is 0 Å². The Bertz CT molecular complexity index is 1690. The number of aliphatic hydroxyl groups is 2. The highest BCUT2D eigenvalue weighted by atomic mass is 35.5. The number of ketones is 1. The van der Waals surface area contributed by atoms with Crippen molar-refractivity contribution in [1.82, 2.24) is 9.80 Å². The zero-order valence-electron chi connectivity index (χ0n) is 31.4. The second kappa shape index (κ2) is 16.3. The van der Waals surface area contributed by atoms with Gasteiger partial charge >= 0.3 is 0 Å². The van der Waals surface area contributed by atoms with E-state index in [0.717, 1.165) is 112 Å². The number of halogens is 1. The molecule has 1 aliphatic heterocycles. The average molecular weight is 723 g/mol. The highest BCUT2D eigenvalue weighted by molar-refractivity contribution is 6.30. The molecule has 8 rings (SSSR count). The first-order valence-corrected chi connectivity index (χ1v) is 20.5. The number of β-amino-alcohol motifs (C(OH)–C–C–N with tert-alkyl or cyclic N) is 1. The summed E-state index contributed by atoms with van der Waals surface area (Å²) in [7, 11) is 0. The zero-order chi connectivity index (χ0) is 36.3. The summed E-state index contributed by atoms with van der Waals surface area (Å²) in [5, 5.41) is 24.7. The van der Waals surface area contributed by atoms with Crippen LogP contribution in [0.15, 0.2) is 84.4 Å². The molecule has 1 unspecified atom stereocenters. The molecular weight excluding hydrogens is 664 g/mol. The van der Waals surface area contributed by atoms with E-state index in [4.69, 9.17) is 11.6 Å². The number of rotatable bonds is 7. The Kier molecular flexibility index (Phi) is 11.7. The number of carbonyl (C=O) groups excluding carboxylic acids is 1. The van der Waals surface area contributed by atoms with E-state index in [9.17, 15) is 15.0 Å². The van der Waals surface area contributed by atoms with Crippen LogP contribution in [0.25, 0.3) is 0 Å². The molecular formula is C46H59ClN2O3. The van der Waals surface area contributed by atoms with Crippen LogP contribution in [-0.2, 0) is 6.42 Å². The van der Waals surface area contributed by atoms with Crippen LogP contribution in [-0.4, -0.2) is 70.2 Å². The number of carbonyl (C=O) groups is 1. The molecule has 3 aromatic carbocycles. The lowest BCUT2D eigenvalue weighted by molar-refractivity contribution is -0.0894. The number of benzene rings is 3. The molecule has 2 N–H and O–H groups in total. The Hall–Kier alpha value is -2.80. The Morgan fingerprint density at radius 2 is 1.60 bits per heavy atom. The number of hydrogen-bond donors (Lipinski definition) is 2. The SMILES string of the molecule is CC1=CCC[C@@]2(C)[C@@H](CC[C@@]2(O)CN2CCN(C(c3ccccc3)c3ccc(Cl)cc3)CC2)c2ccc(cc2C(=O)C2CCCCC2)C[C@@H](O)CC1. The standard InChI is InChI=1S/C46H59ClN2O3/c1-33-10-9-24-45(2)42(40-22-16-34(30-39(50)21-15-33)31-41(40)44(51)37-13-7-4-8-14-37)23-25-46(45,52)32-48-26-28-49(29-27-48)43(35-11-5-3-6-12-35)36-17-19-38(47)20-18-36/h3,5-6,10-12,16-20,22,31,37,39,42-43,50,52H,4,7-9,13-15,21,23-30,32H2,1-2H3/t39-,42-,43?,45-,46+/m0/s1. The lowest BCUT2D eigenvalue weighted by atomic mass is 9.64. The largest absolute Gasteiger partial charge is 0.393 e. The van der Waals surface area contributed by atoms with E-state index in [-0.39, 0.29) is 23.7 Å². The minimum atomic E-state index is -0.881. The molecule has 6 heteroatoms. The van der Waals surface area contributed by atoms with Gasteiger partial charge in [-0.05, 0) is 111 Å². The quantitative estimate of drug-likeness (QED) is 0.188. The fourth-order valence-electron chi connectivity index (χ4n) is 10.2. The van der Waals surface area contributed by atoms with E-state index in [2.05, 4.69) is 90.4 Å². The second-order valence-electron chi connectivity index (χ2n) is 16.8. The van der Waals surface area contributed by atoms with Gasteiger partial charge in [-0.1, -0.05) is 104 Å². The molecule has 0 radical (unpaired) electrons. The van der Waals surface area contributed by atoms with Crippen molar-refractivity contribution in [2.24, 2.45) is 11.3 Å². The molecule has 0 aromatic heterocycles. The van der Waals surface area contributed by atoms with Crippen LogP contribution >= 0.6 is 11.6 Å². The van der Waals surface area contributed by atoms with Crippen LogP contribution in [0.1, 0.15) is 129 Å². The van der Waals surface area contributed by atoms with Gasteiger partial charge in [0.2, 0.25) is 0 Å². The highest BCUT2D eigenvalue weighted by Crippen LogP contribution is 2.59. The maximum Gasteiger partial charge on any atom is 0.166 e. The van der Waals surface area contributed by atoms with Crippen molar-refractivity contribution >= 4 is 17.4 Å². The molecule has 1 heterocycles. The minimum Gasteiger partial charge on any atom is -0.393 e. The molecule has 52 heavy (non-hydrogen) atoms. The van der Waals surface area contributed by atoms with Crippen molar-refractivity contribution in [3.05, 3.63) is 117 Å². The summed E-state index contributed by atoms with van der Waals surface area (Å²) < 4.78 is 0. The van der Waals surface area contributed by atoms with Crippen molar-refractivity contribution in [3.8, 4) is 0 Å². The lowest BCUT2D eigenvalue weighted by Crippen LogP contribution is -2.56. The van der Waals surface area contributed by atoms with Crippen LogP contribution in [0.2, 0.25) is 5.02 Å². The molecule has 3 aromatic rings. The summed E-state index contributed by atoms with van der Waals surface area (Å²) >= 11 is 6.30. The van der Waals surface area contributed by atoms with E-state index in [1.807, 2.05) is 12.1 Å². The second-order valence-corrected chi connectivity index (χ2v) is 17.3. The van der Waals surface area contributed by atoms with Crippen LogP contribution in [0.3, 0.4) is 0 Å². The van der Waals surface area contributed by atoms with Crippen molar-refractivity contribution in [3.63, 3.8) is 0 Å².